The molecule has 4 aromatic rings. The second kappa shape index (κ2) is 7.79. The van der Waals surface area contributed by atoms with E-state index >= 15 is 0 Å². The zero-order valence-corrected chi connectivity index (χ0v) is 17.1. The summed E-state index contributed by atoms with van der Waals surface area (Å²) >= 11 is 1.52. The molecule has 1 N–H and O–H groups in total. The normalized spacial score (nSPS) is 14.4. The van der Waals surface area contributed by atoms with Crippen molar-refractivity contribution in [3.05, 3.63) is 59.4 Å². The maximum absolute atomic E-state index is 13.1. The predicted molar refractivity (Wildman–Crippen MR) is 118 cm³/mol. The monoisotopic (exact) mass is 419 g/mol. The molecule has 2 aromatic heterocycles. The lowest BCUT2D eigenvalue weighted by molar-refractivity contribution is -0.132. The number of aromatic hydroxyl groups is 1. The van der Waals surface area contributed by atoms with Crippen LogP contribution in [0.4, 0.5) is 5.69 Å². The molecule has 8 heteroatoms. The number of benzene rings is 2. The molecule has 0 saturated carbocycles. The van der Waals surface area contributed by atoms with Crippen molar-refractivity contribution in [2.45, 2.75) is 6.54 Å². The first-order valence-corrected chi connectivity index (χ1v) is 10.8. The van der Waals surface area contributed by atoms with E-state index in [2.05, 4.69) is 9.88 Å². The lowest BCUT2D eigenvalue weighted by atomic mass is 10.2. The van der Waals surface area contributed by atoms with E-state index in [1.54, 1.807) is 17.6 Å². The number of hydrogen-bond donors (Lipinski definition) is 1. The Hall–Kier alpha value is -3.39. The van der Waals surface area contributed by atoms with Crippen molar-refractivity contribution in [3.63, 3.8) is 0 Å². The number of hydrogen-bond acceptors (Lipinski definition) is 6. The summed E-state index contributed by atoms with van der Waals surface area (Å²) in [4.78, 5) is 26.4. The molecule has 0 unspecified atom stereocenters. The van der Waals surface area contributed by atoms with Crippen LogP contribution in [0.15, 0.2) is 59.4 Å². The molecule has 5 rings (SSSR count). The summed E-state index contributed by atoms with van der Waals surface area (Å²) in [6.07, 6.45) is 0. The minimum atomic E-state index is 0.0833. The number of rotatable bonds is 4. The van der Waals surface area contributed by atoms with E-state index in [0.29, 0.717) is 13.1 Å². The van der Waals surface area contributed by atoms with Crippen molar-refractivity contribution in [1.82, 2.24) is 19.4 Å². The third-order valence-electron chi connectivity index (χ3n) is 5.46. The number of carbonyl (C=O) groups excluding carboxylic acids is 1. The lowest BCUT2D eigenvalue weighted by Gasteiger charge is -2.36. The summed E-state index contributed by atoms with van der Waals surface area (Å²) in [6, 6.07) is 15.1. The first kappa shape index (κ1) is 18.6. The number of phenolic OH excluding ortho intramolecular Hbond substituents is 1. The first-order valence-electron chi connectivity index (χ1n) is 9.84. The van der Waals surface area contributed by atoms with E-state index in [9.17, 15) is 9.90 Å². The number of nitrogens with zero attached hydrogens (tertiary/aromatic N) is 5. The molecule has 1 aliphatic heterocycles. The number of anilines is 1. The van der Waals surface area contributed by atoms with Crippen LogP contribution in [-0.2, 0) is 11.3 Å². The van der Waals surface area contributed by atoms with Crippen LogP contribution in [0.1, 0.15) is 0 Å². The number of imidazole rings is 1. The molecule has 1 saturated heterocycles. The highest BCUT2D eigenvalue weighted by Gasteiger charge is 2.23. The fraction of sp³-hybridized carbons (Fsp3) is 0.227. The van der Waals surface area contributed by atoms with Gasteiger partial charge in [0.25, 0.3) is 0 Å². The van der Waals surface area contributed by atoms with Crippen molar-refractivity contribution >= 4 is 34.0 Å². The van der Waals surface area contributed by atoms with Gasteiger partial charge in [0.1, 0.15) is 18.0 Å². The van der Waals surface area contributed by atoms with Crippen molar-refractivity contribution < 1.29 is 9.90 Å². The maximum Gasteiger partial charge on any atom is 0.242 e. The van der Waals surface area contributed by atoms with Crippen LogP contribution >= 0.6 is 11.3 Å². The van der Waals surface area contributed by atoms with E-state index in [-0.39, 0.29) is 18.2 Å². The highest BCUT2D eigenvalue weighted by Crippen LogP contribution is 2.25. The molecule has 2 aromatic carbocycles. The standard InChI is InChI=1S/C22H21N5O2S/c28-17-7-5-16(6-8-17)25-9-11-26(12-10-25)21(29)13-27-20-4-2-1-3-18(20)24-22(27)19-14-30-15-23-19/h1-8,14-15,28H,9-13H2. The molecule has 1 aliphatic rings. The van der Waals surface area contributed by atoms with Gasteiger partial charge in [0, 0.05) is 37.2 Å². The van der Waals surface area contributed by atoms with Gasteiger partial charge >= 0.3 is 0 Å². The number of thiazole rings is 1. The Labute approximate surface area is 177 Å². The summed E-state index contributed by atoms with van der Waals surface area (Å²) in [6.45, 7) is 3.10. The topological polar surface area (TPSA) is 74.5 Å². The number of fused-ring (bicyclic) bond motifs is 1. The number of piperazine rings is 1. The van der Waals surface area contributed by atoms with Crippen LogP contribution in [0, 0.1) is 0 Å². The van der Waals surface area contributed by atoms with Crippen molar-refractivity contribution in [2.24, 2.45) is 0 Å². The molecule has 1 amide bonds. The van der Waals surface area contributed by atoms with Crippen molar-refractivity contribution in [3.8, 4) is 17.3 Å². The molecule has 0 bridgehead atoms. The Balaban J connectivity index is 1.33. The van der Waals surface area contributed by atoms with Crippen molar-refractivity contribution in [2.75, 3.05) is 31.1 Å². The van der Waals surface area contributed by atoms with Gasteiger partial charge in [-0.15, -0.1) is 11.3 Å². The quantitative estimate of drug-likeness (QED) is 0.550. The second-order valence-electron chi connectivity index (χ2n) is 7.27. The molecule has 7 nitrogen and oxygen atoms in total. The SMILES string of the molecule is O=C(Cn1c(-c2cscn2)nc2ccccc21)N1CCN(c2ccc(O)cc2)CC1. The average Bonchev–Trinajstić information content (AvgIpc) is 3.43. The largest absolute Gasteiger partial charge is 0.508 e. The number of para-hydroxylation sites is 2. The summed E-state index contributed by atoms with van der Waals surface area (Å²) in [5, 5.41) is 11.4. The summed E-state index contributed by atoms with van der Waals surface area (Å²) in [5.41, 5.74) is 5.44. The van der Waals surface area contributed by atoms with Crippen LogP contribution in [0.5, 0.6) is 5.75 Å². The molecule has 3 heterocycles. The lowest BCUT2D eigenvalue weighted by Crippen LogP contribution is -2.49. The summed E-state index contributed by atoms with van der Waals surface area (Å²) in [5.74, 6) is 1.07. The molecule has 1 fully saturated rings. The van der Waals surface area contributed by atoms with Crippen LogP contribution in [0.25, 0.3) is 22.6 Å². The number of carbonyl (C=O) groups is 1. The fourth-order valence-electron chi connectivity index (χ4n) is 3.87. The maximum atomic E-state index is 13.1. The Morgan fingerprint density at radius 1 is 1.03 bits per heavy atom. The van der Waals surface area contributed by atoms with Gasteiger partial charge in [-0.25, -0.2) is 9.97 Å². The second-order valence-corrected chi connectivity index (χ2v) is 7.99. The van der Waals surface area contributed by atoms with Crippen LogP contribution in [0.3, 0.4) is 0 Å². The van der Waals surface area contributed by atoms with E-state index in [0.717, 1.165) is 41.3 Å². The number of phenols is 1. The average molecular weight is 420 g/mol. The van der Waals surface area contributed by atoms with E-state index in [1.165, 1.54) is 11.3 Å². The van der Waals surface area contributed by atoms with E-state index in [4.69, 9.17) is 4.98 Å². The molecular formula is C22H21N5O2S. The van der Waals surface area contributed by atoms with Gasteiger partial charge in [0.2, 0.25) is 5.91 Å². The van der Waals surface area contributed by atoms with Gasteiger partial charge in [-0.05, 0) is 36.4 Å². The Morgan fingerprint density at radius 2 is 1.80 bits per heavy atom. The molecule has 0 aliphatic carbocycles. The van der Waals surface area contributed by atoms with E-state index in [1.807, 2.05) is 51.2 Å². The van der Waals surface area contributed by atoms with E-state index < -0.39 is 0 Å². The summed E-state index contributed by atoms with van der Waals surface area (Å²) in [7, 11) is 0. The third-order valence-corrected chi connectivity index (χ3v) is 6.04. The molecular weight excluding hydrogens is 398 g/mol. The van der Waals surface area contributed by atoms with Crippen LogP contribution < -0.4 is 4.90 Å². The highest BCUT2D eigenvalue weighted by atomic mass is 32.1. The van der Waals surface area contributed by atoms with Gasteiger partial charge in [-0.1, -0.05) is 12.1 Å². The minimum Gasteiger partial charge on any atom is -0.508 e. The highest BCUT2D eigenvalue weighted by molar-refractivity contribution is 7.07. The fourth-order valence-corrected chi connectivity index (χ4v) is 4.40. The van der Waals surface area contributed by atoms with Gasteiger partial charge in [0.05, 0.1) is 16.5 Å². The Kier molecular flexibility index (Phi) is 4.84. The predicted octanol–water partition coefficient (Wildman–Crippen LogP) is 3.21. The Bertz CT molecular complexity index is 1160. The number of aromatic nitrogens is 3. The first-order chi connectivity index (χ1) is 14.7. The smallest absolute Gasteiger partial charge is 0.242 e. The molecule has 0 radical (unpaired) electrons. The van der Waals surface area contributed by atoms with Gasteiger partial charge in [0.15, 0.2) is 5.82 Å². The molecule has 0 atom stereocenters. The van der Waals surface area contributed by atoms with Crippen LogP contribution in [0.2, 0.25) is 0 Å². The zero-order valence-electron chi connectivity index (χ0n) is 16.3. The minimum absolute atomic E-state index is 0.0833. The third kappa shape index (κ3) is 3.50. The Morgan fingerprint density at radius 3 is 2.53 bits per heavy atom. The molecule has 152 valence electrons. The van der Waals surface area contributed by atoms with Crippen LogP contribution in [-0.4, -0.2) is 56.6 Å². The van der Waals surface area contributed by atoms with Crippen molar-refractivity contribution in [1.29, 1.82) is 0 Å². The zero-order chi connectivity index (χ0) is 20.5. The number of amides is 1. The van der Waals surface area contributed by atoms with Gasteiger partial charge < -0.3 is 19.5 Å². The molecule has 30 heavy (non-hydrogen) atoms. The van der Waals surface area contributed by atoms with Gasteiger partial charge in [-0.2, -0.15) is 0 Å². The van der Waals surface area contributed by atoms with Gasteiger partial charge in [-0.3, -0.25) is 4.79 Å². The summed E-state index contributed by atoms with van der Waals surface area (Å²) < 4.78 is 1.97. The molecule has 0 spiro atoms.